The molecule has 0 aliphatic rings. The quantitative estimate of drug-likeness (QED) is 0.389. The van der Waals surface area contributed by atoms with Crippen molar-refractivity contribution in [2.24, 2.45) is 0 Å². The Morgan fingerprint density at radius 2 is 0.688 bits per heavy atom. The maximum absolute atomic E-state index is 9.22. The van der Waals surface area contributed by atoms with Crippen molar-refractivity contribution in [1.82, 2.24) is 0 Å². The number of aliphatic hydroxyl groups excluding tert-OH is 2. The zero-order chi connectivity index (χ0) is 22.5. The van der Waals surface area contributed by atoms with Crippen LogP contribution in [0.5, 0.6) is 0 Å². The fraction of sp³-hybridized carbons (Fsp3) is 0.143. The standard InChI is InChI=1S/C28H28N2O2/c1-29(25-11-3-21(19-31)4-12-25)27-15-7-23(8-16-27)24-9-17-28(18-10-24)30(2)26-13-5-22(20-32)6-14-26/h3-18,31-32H,19-20H2,1-2H3. The van der Waals surface area contributed by atoms with Crippen molar-refractivity contribution >= 4 is 22.7 Å². The van der Waals surface area contributed by atoms with E-state index in [0.29, 0.717) is 0 Å². The predicted molar refractivity (Wildman–Crippen MR) is 133 cm³/mol. The second kappa shape index (κ2) is 9.69. The second-order valence-electron chi connectivity index (χ2n) is 7.86. The highest BCUT2D eigenvalue weighted by atomic mass is 16.3. The van der Waals surface area contributed by atoms with Crippen LogP contribution in [-0.4, -0.2) is 24.3 Å². The van der Waals surface area contributed by atoms with Gasteiger partial charge in [-0.3, -0.25) is 0 Å². The van der Waals surface area contributed by atoms with Gasteiger partial charge >= 0.3 is 0 Å². The lowest BCUT2D eigenvalue weighted by Gasteiger charge is -2.21. The van der Waals surface area contributed by atoms with Crippen LogP contribution in [0.15, 0.2) is 97.1 Å². The SMILES string of the molecule is CN(c1ccc(CO)cc1)c1ccc(-c2ccc(N(C)c3ccc(CO)cc3)cc2)cc1. The molecule has 162 valence electrons. The Labute approximate surface area is 189 Å². The number of nitrogens with zero attached hydrogens (tertiary/aromatic N) is 2. The van der Waals surface area contributed by atoms with Gasteiger partial charge in [0.25, 0.3) is 0 Å². The largest absolute Gasteiger partial charge is 0.392 e. The average molecular weight is 425 g/mol. The number of rotatable bonds is 7. The highest BCUT2D eigenvalue weighted by molar-refractivity contribution is 5.72. The minimum atomic E-state index is 0.0588. The third-order valence-electron chi connectivity index (χ3n) is 5.85. The van der Waals surface area contributed by atoms with E-state index in [1.807, 2.05) is 62.6 Å². The smallest absolute Gasteiger partial charge is 0.0681 e. The lowest BCUT2D eigenvalue weighted by molar-refractivity contribution is 0.281. The van der Waals surface area contributed by atoms with Crippen molar-refractivity contribution in [3.63, 3.8) is 0 Å². The summed E-state index contributed by atoms with van der Waals surface area (Å²) in [5.41, 5.74) is 8.52. The monoisotopic (exact) mass is 424 g/mol. The van der Waals surface area contributed by atoms with Gasteiger partial charge in [0.2, 0.25) is 0 Å². The Morgan fingerprint density at radius 3 is 0.938 bits per heavy atom. The van der Waals surface area contributed by atoms with Crippen molar-refractivity contribution in [1.29, 1.82) is 0 Å². The van der Waals surface area contributed by atoms with Crippen LogP contribution in [0, 0.1) is 0 Å². The average Bonchev–Trinajstić information content (AvgIpc) is 2.88. The summed E-state index contributed by atoms with van der Waals surface area (Å²) < 4.78 is 0. The number of benzene rings is 4. The molecule has 0 radical (unpaired) electrons. The summed E-state index contributed by atoms with van der Waals surface area (Å²) in [7, 11) is 4.08. The normalized spacial score (nSPS) is 10.8. The number of hydrogen-bond donors (Lipinski definition) is 2. The molecule has 0 heterocycles. The van der Waals surface area contributed by atoms with E-state index in [0.717, 1.165) is 33.9 Å². The second-order valence-corrected chi connectivity index (χ2v) is 7.86. The molecule has 4 nitrogen and oxygen atoms in total. The number of aliphatic hydroxyl groups is 2. The molecule has 0 saturated carbocycles. The van der Waals surface area contributed by atoms with E-state index in [1.165, 1.54) is 11.1 Å². The van der Waals surface area contributed by atoms with E-state index in [-0.39, 0.29) is 13.2 Å². The minimum absolute atomic E-state index is 0.0588. The molecule has 0 spiro atoms. The zero-order valence-electron chi connectivity index (χ0n) is 18.4. The fourth-order valence-electron chi connectivity index (χ4n) is 3.70. The summed E-state index contributed by atoms with van der Waals surface area (Å²) in [6.07, 6.45) is 0. The van der Waals surface area contributed by atoms with Crippen LogP contribution in [0.25, 0.3) is 11.1 Å². The Bertz CT molecular complexity index is 1040. The molecule has 0 fully saturated rings. The molecule has 4 aromatic carbocycles. The predicted octanol–water partition coefficient (Wildman–Crippen LogP) is 5.87. The third kappa shape index (κ3) is 4.67. The van der Waals surface area contributed by atoms with Crippen LogP contribution in [0.3, 0.4) is 0 Å². The number of hydrogen-bond acceptors (Lipinski definition) is 4. The van der Waals surface area contributed by atoms with Crippen LogP contribution in [0.4, 0.5) is 22.7 Å². The Balaban J connectivity index is 1.47. The molecular formula is C28H28N2O2. The molecule has 32 heavy (non-hydrogen) atoms. The first-order valence-corrected chi connectivity index (χ1v) is 10.7. The van der Waals surface area contributed by atoms with E-state index < -0.39 is 0 Å². The van der Waals surface area contributed by atoms with Gasteiger partial charge < -0.3 is 20.0 Å². The fourth-order valence-corrected chi connectivity index (χ4v) is 3.70. The highest BCUT2D eigenvalue weighted by Crippen LogP contribution is 2.30. The molecule has 0 unspecified atom stereocenters. The minimum Gasteiger partial charge on any atom is -0.392 e. The van der Waals surface area contributed by atoms with Crippen molar-refractivity contribution in [2.75, 3.05) is 23.9 Å². The molecule has 4 aromatic rings. The van der Waals surface area contributed by atoms with Gasteiger partial charge in [0.15, 0.2) is 0 Å². The van der Waals surface area contributed by atoms with Crippen LogP contribution in [-0.2, 0) is 13.2 Å². The first-order valence-electron chi connectivity index (χ1n) is 10.7. The van der Waals surface area contributed by atoms with Crippen LogP contribution in [0.2, 0.25) is 0 Å². The first kappa shape index (κ1) is 21.6. The van der Waals surface area contributed by atoms with Gasteiger partial charge in [0, 0.05) is 36.8 Å². The van der Waals surface area contributed by atoms with E-state index >= 15 is 0 Å². The van der Waals surface area contributed by atoms with E-state index in [4.69, 9.17) is 0 Å². The van der Waals surface area contributed by atoms with Crippen LogP contribution < -0.4 is 9.80 Å². The Hall–Kier alpha value is -3.60. The lowest BCUT2D eigenvalue weighted by atomic mass is 10.0. The lowest BCUT2D eigenvalue weighted by Crippen LogP contribution is -2.09. The van der Waals surface area contributed by atoms with Gasteiger partial charge in [0.05, 0.1) is 13.2 Å². The maximum atomic E-state index is 9.22. The molecule has 0 amide bonds. The van der Waals surface area contributed by atoms with Gasteiger partial charge in [-0.1, -0.05) is 48.5 Å². The molecule has 0 saturated heterocycles. The van der Waals surface area contributed by atoms with E-state index in [1.54, 1.807) is 0 Å². The van der Waals surface area contributed by atoms with Gasteiger partial charge in [-0.15, -0.1) is 0 Å². The summed E-state index contributed by atoms with van der Waals surface area (Å²) in [5, 5.41) is 18.4. The zero-order valence-corrected chi connectivity index (χ0v) is 18.4. The van der Waals surface area contributed by atoms with Gasteiger partial charge in [-0.05, 0) is 70.8 Å². The van der Waals surface area contributed by atoms with Gasteiger partial charge in [-0.2, -0.15) is 0 Å². The van der Waals surface area contributed by atoms with Crippen molar-refractivity contribution in [2.45, 2.75) is 13.2 Å². The topological polar surface area (TPSA) is 46.9 Å². The summed E-state index contributed by atoms with van der Waals surface area (Å²) in [6.45, 7) is 0.118. The Morgan fingerprint density at radius 1 is 0.438 bits per heavy atom. The summed E-state index contributed by atoms with van der Waals surface area (Å²) in [6, 6.07) is 32.9. The number of anilines is 4. The molecule has 2 N–H and O–H groups in total. The molecule has 4 rings (SSSR count). The molecule has 0 bridgehead atoms. The van der Waals surface area contributed by atoms with Crippen LogP contribution >= 0.6 is 0 Å². The first-order chi connectivity index (χ1) is 15.6. The molecule has 0 aliphatic carbocycles. The third-order valence-corrected chi connectivity index (χ3v) is 5.85. The highest BCUT2D eigenvalue weighted by Gasteiger charge is 2.07. The van der Waals surface area contributed by atoms with Crippen molar-refractivity contribution in [3.05, 3.63) is 108 Å². The molecule has 0 aliphatic heterocycles. The summed E-state index contributed by atoms with van der Waals surface area (Å²) in [5.74, 6) is 0. The van der Waals surface area contributed by atoms with Crippen molar-refractivity contribution in [3.8, 4) is 11.1 Å². The van der Waals surface area contributed by atoms with Gasteiger partial charge in [0.1, 0.15) is 0 Å². The van der Waals surface area contributed by atoms with Crippen molar-refractivity contribution < 1.29 is 10.2 Å². The molecule has 4 heteroatoms. The summed E-state index contributed by atoms with van der Waals surface area (Å²) in [4.78, 5) is 4.26. The van der Waals surface area contributed by atoms with E-state index in [2.05, 4.69) is 58.3 Å². The van der Waals surface area contributed by atoms with Gasteiger partial charge in [-0.25, -0.2) is 0 Å². The molecular weight excluding hydrogens is 396 g/mol. The Kier molecular flexibility index (Phi) is 6.55. The maximum Gasteiger partial charge on any atom is 0.0681 e. The van der Waals surface area contributed by atoms with Crippen LogP contribution in [0.1, 0.15) is 11.1 Å². The molecule has 0 aromatic heterocycles. The molecule has 0 atom stereocenters. The summed E-state index contributed by atoms with van der Waals surface area (Å²) >= 11 is 0. The van der Waals surface area contributed by atoms with E-state index in [9.17, 15) is 10.2 Å².